The van der Waals surface area contributed by atoms with E-state index < -0.39 is 23.2 Å². The fourth-order valence-electron chi connectivity index (χ4n) is 1.86. The lowest BCUT2D eigenvalue weighted by Crippen LogP contribution is -2.15. The summed E-state index contributed by atoms with van der Waals surface area (Å²) in [5.41, 5.74) is -0.987. The van der Waals surface area contributed by atoms with Crippen LogP contribution in [-0.4, -0.2) is 36.5 Å². The fraction of sp³-hybridized carbons (Fsp3) is 0.154. The Labute approximate surface area is 141 Å². The van der Waals surface area contributed by atoms with Gasteiger partial charge in [-0.15, -0.1) is 10.2 Å². The second-order valence-corrected chi connectivity index (χ2v) is 5.71. The topological polar surface area (TPSA) is 105 Å². The normalized spacial score (nSPS) is 11.6. The molecule has 130 valence electrons. The Kier molecular flexibility index (Phi) is 4.44. The molecule has 8 nitrogen and oxygen atoms in total. The molecule has 25 heavy (non-hydrogen) atoms. The van der Waals surface area contributed by atoms with Crippen LogP contribution in [0.2, 0.25) is 0 Å². The number of nitrogens with zero attached hydrogens (tertiary/aromatic N) is 4. The van der Waals surface area contributed by atoms with Crippen molar-refractivity contribution in [3.8, 4) is 0 Å². The molecule has 0 aliphatic carbocycles. The first-order valence-electron chi connectivity index (χ1n) is 6.73. The predicted molar refractivity (Wildman–Crippen MR) is 82.2 cm³/mol. The summed E-state index contributed by atoms with van der Waals surface area (Å²) >= 11 is 1.01. The number of anilines is 1. The summed E-state index contributed by atoms with van der Waals surface area (Å²) in [4.78, 5) is 25.4. The maximum atomic E-state index is 12.5. The number of H-pyrrole nitrogens is 1. The molecule has 0 radical (unpaired) electrons. The number of amides is 1. The molecule has 0 atom stereocenters. The van der Waals surface area contributed by atoms with E-state index in [2.05, 4.69) is 25.6 Å². The van der Waals surface area contributed by atoms with Gasteiger partial charge in [0.1, 0.15) is 6.20 Å². The van der Waals surface area contributed by atoms with Gasteiger partial charge in [0.25, 0.3) is 11.3 Å². The van der Waals surface area contributed by atoms with Crippen molar-refractivity contribution < 1.29 is 18.0 Å². The smallest absolute Gasteiger partial charge is 0.325 e. The van der Waals surface area contributed by atoms with Gasteiger partial charge in [0, 0.05) is 5.69 Å². The zero-order chi connectivity index (χ0) is 18.0. The van der Waals surface area contributed by atoms with Crippen molar-refractivity contribution in [2.45, 2.75) is 11.3 Å². The highest BCUT2D eigenvalue weighted by Gasteiger charge is 2.29. The maximum Gasteiger partial charge on any atom is 0.416 e. The van der Waals surface area contributed by atoms with Crippen molar-refractivity contribution in [1.82, 2.24) is 24.8 Å². The molecule has 2 N–H and O–H groups in total. The molecule has 0 spiro atoms. The Balaban J connectivity index is 1.61. The Hall–Kier alpha value is -2.89. The van der Waals surface area contributed by atoms with Crippen LogP contribution in [0.4, 0.5) is 18.9 Å². The van der Waals surface area contributed by atoms with E-state index in [1.807, 2.05) is 0 Å². The third-order valence-corrected chi connectivity index (χ3v) is 3.89. The largest absolute Gasteiger partial charge is 0.416 e. The Morgan fingerprint density at radius 2 is 1.96 bits per heavy atom. The van der Waals surface area contributed by atoms with Crippen molar-refractivity contribution >= 4 is 29.1 Å². The molecule has 0 saturated heterocycles. The van der Waals surface area contributed by atoms with Gasteiger partial charge in [0.05, 0.1) is 11.3 Å². The van der Waals surface area contributed by atoms with E-state index >= 15 is 0 Å². The van der Waals surface area contributed by atoms with Crippen LogP contribution in [0.5, 0.6) is 0 Å². The van der Waals surface area contributed by atoms with Crippen molar-refractivity contribution in [2.75, 3.05) is 11.1 Å². The van der Waals surface area contributed by atoms with E-state index in [-0.39, 0.29) is 22.4 Å². The zero-order valence-corrected chi connectivity index (χ0v) is 13.1. The molecule has 0 unspecified atom stereocenters. The molecule has 2 aromatic heterocycles. The maximum absolute atomic E-state index is 12.5. The van der Waals surface area contributed by atoms with Gasteiger partial charge in [-0.1, -0.05) is 11.8 Å². The number of hydrogen-bond donors (Lipinski definition) is 2. The summed E-state index contributed by atoms with van der Waals surface area (Å²) in [6, 6.07) is 4.11. The van der Waals surface area contributed by atoms with Crippen molar-refractivity contribution in [3.63, 3.8) is 0 Å². The number of hydrogen-bond acceptors (Lipinski definition) is 6. The lowest BCUT2D eigenvalue weighted by Gasteiger charge is -2.08. The lowest BCUT2D eigenvalue weighted by molar-refractivity contribution is -0.137. The second-order valence-electron chi connectivity index (χ2n) is 4.76. The molecule has 0 aliphatic heterocycles. The minimum atomic E-state index is -4.43. The van der Waals surface area contributed by atoms with Crippen molar-refractivity contribution in [2.24, 2.45) is 0 Å². The molecule has 3 rings (SSSR count). The monoisotopic (exact) mass is 370 g/mol. The van der Waals surface area contributed by atoms with Crippen LogP contribution in [0.15, 0.2) is 40.4 Å². The molecule has 1 aromatic carbocycles. The number of carbonyl (C=O) groups is 1. The molecule has 3 aromatic rings. The molecule has 0 aliphatic rings. The summed E-state index contributed by atoms with van der Waals surface area (Å²) in [7, 11) is 0. The first-order valence-corrected chi connectivity index (χ1v) is 7.72. The number of benzene rings is 1. The van der Waals surface area contributed by atoms with Crippen LogP contribution in [0.25, 0.3) is 5.78 Å². The highest BCUT2D eigenvalue weighted by molar-refractivity contribution is 7.99. The average molecular weight is 370 g/mol. The van der Waals surface area contributed by atoms with Gasteiger partial charge >= 0.3 is 6.18 Å². The predicted octanol–water partition coefficient (Wildman–Crippen LogP) is 1.56. The Bertz CT molecular complexity index is 966. The molecular formula is C13H9F3N6O2S. The van der Waals surface area contributed by atoms with Crippen LogP contribution in [-0.2, 0) is 11.0 Å². The van der Waals surface area contributed by atoms with Gasteiger partial charge in [-0.3, -0.25) is 14.6 Å². The van der Waals surface area contributed by atoms with E-state index in [0.717, 1.165) is 30.1 Å². The van der Waals surface area contributed by atoms with E-state index in [9.17, 15) is 22.8 Å². The Morgan fingerprint density at radius 3 is 2.64 bits per heavy atom. The Morgan fingerprint density at radius 1 is 1.24 bits per heavy atom. The number of alkyl halides is 3. The van der Waals surface area contributed by atoms with Gasteiger partial charge in [0.2, 0.25) is 11.1 Å². The number of fused-ring (bicyclic) bond motifs is 1. The van der Waals surface area contributed by atoms with E-state index in [1.165, 1.54) is 16.6 Å². The fourth-order valence-corrected chi connectivity index (χ4v) is 2.55. The van der Waals surface area contributed by atoms with E-state index in [1.54, 1.807) is 0 Å². The SMILES string of the molecule is O=C(CSc1nnc2[nH]c(=O)cnn12)Nc1ccc(C(F)(F)F)cc1. The van der Waals surface area contributed by atoms with E-state index in [0.29, 0.717) is 0 Å². The lowest BCUT2D eigenvalue weighted by atomic mass is 10.2. The summed E-state index contributed by atoms with van der Waals surface area (Å²) in [5, 5.41) is 14.1. The number of carbonyl (C=O) groups excluding carboxylic acids is 1. The van der Waals surface area contributed by atoms with Crippen LogP contribution < -0.4 is 10.9 Å². The zero-order valence-electron chi connectivity index (χ0n) is 12.2. The third-order valence-electron chi connectivity index (χ3n) is 2.97. The van der Waals surface area contributed by atoms with Gasteiger partial charge in [-0.2, -0.15) is 22.8 Å². The highest BCUT2D eigenvalue weighted by atomic mass is 32.2. The number of rotatable bonds is 4. The van der Waals surface area contributed by atoms with Gasteiger partial charge < -0.3 is 5.32 Å². The average Bonchev–Trinajstić information content (AvgIpc) is 2.94. The summed E-state index contributed by atoms with van der Waals surface area (Å²) in [6.07, 6.45) is -3.39. The number of aromatic amines is 1. The third kappa shape index (κ3) is 3.96. The quantitative estimate of drug-likeness (QED) is 0.676. The summed E-state index contributed by atoms with van der Waals surface area (Å²) in [5.74, 6) is -0.369. The van der Waals surface area contributed by atoms with Crippen molar-refractivity contribution in [1.29, 1.82) is 0 Å². The highest BCUT2D eigenvalue weighted by Crippen LogP contribution is 2.29. The van der Waals surface area contributed by atoms with E-state index in [4.69, 9.17) is 0 Å². The van der Waals surface area contributed by atoms with Crippen LogP contribution in [0.3, 0.4) is 0 Å². The number of halogens is 3. The summed E-state index contributed by atoms with van der Waals surface area (Å²) < 4.78 is 38.7. The van der Waals surface area contributed by atoms with Gasteiger partial charge in [0.15, 0.2) is 0 Å². The minimum absolute atomic E-state index is 0.0668. The molecule has 0 saturated carbocycles. The number of aromatic nitrogens is 5. The summed E-state index contributed by atoms with van der Waals surface area (Å²) in [6.45, 7) is 0. The molecule has 1 amide bonds. The number of thioether (sulfide) groups is 1. The standard InChI is InChI=1S/C13H9F3N6O2S/c14-13(15,16)7-1-3-8(4-2-7)18-10(24)6-25-12-21-20-11-19-9(23)5-17-22(11)12/h1-5H,6H2,(H,18,24)(H,19,20,23). The van der Waals surface area contributed by atoms with Crippen LogP contribution >= 0.6 is 11.8 Å². The number of nitrogens with one attached hydrogen (secondary N) is 2. The minimum Gasteiger partial charge on any atom is -0.325 e. The van der Waals surface area contributed by atoms with Crippen LogP contribution in [0, 0.1) is 0 Å². The van der Waals surface area contributed by atoms with Gasteiger partial charge in [-0.05, 0) is 24.3 Å². The van der Waals surface area contributed by atoms with Crippen molar-refractivity contribution in [3.05, 3.63) is 46.4 Å². The first-order chi connectivity index (χ1) is 11.8. The molecule has 12 heteroatoms. The second kappa shape index (κ2) is 6.55. The van der Waals surface area contributed by atoms with Crippen LogP contribution in [0.1, 0.15) is 5.56 Å². The van der Waals surface area contributed by atoms with Gasteiger partial charge in [-0.25, -0.2) is 0 Å². The molecule has 0 fully saturated rings. The molecule has 2 heterocycles. The first kappa shape index (κ1) is 17.0. The molecule has 0 bridgehead atoms. The molecular weight excluding hydrogens is 361 g/mol.